The van der Waals surface area contributed by atoms with Crippen molar-refractivity contribution >= 4 is 5.91 Å². The van der Waals surface area contributed by atoms with E-state index in [1.54, 1.807) is 12.1 Å². The van der Waals surface area contributed by atoms with Crippen LogP contribution < -0.4 is 5.32 Å². The number of phenolic OH excluding ortho intramolecular Hbond substituents is 1. The van der Waals surface area contributed by atoms with Gasteiger partial charge in [0.15, 0.2) is 0 Å². The summed E-state index contributed by atoms with van der Waals surface area (Å²) >= 11 is 0. The predicted molar refractivity (Wildman–Crippen MR) is 92.5 cm³/mol. The molecule has 1 fully saturated rings. The average molecular weight is 309 g/mol. The molecule has 1 amide bonds. The SMILES string of the molecule is O=C(NCC1CCCCC1)c1ccc(-c2ccc(O)cc2)cc1. The maximum Gasteiger partial charge on any atom is 0.251 e. The van der Waals surface area contributed by atoms with Crippen molar-refractivity contribution in [1.29, 1.82) is 0 Å². The molecule has 2 N–H and O–H groups in total. The van der Waals surface area contributed by atoms with Crippen LogP contribution in [0.2, 0.25) is 0 Å². The third-order valence-electron chi connectivity index (χ3n) is 4.62. The molecule has 23 heavy (non-hydrogen) atoms. The summed E-state index contributed by atoms with van der Waals surface area (Å²) in [5.74, 6) is 0.907. The average Bonchev–Trinajstić information content (AvgIpc) is 2.61. The lowest BCUT2D eigenvalue weighted by molar-refractivity contribution is 0.0943. The smallest absolute Gasteiger partial charge is 0.251 e. The topological polar surface area (TPSA) is 49.3 Å². The minimum absolute atomic E-state index is 0.00725. The zero-order valence-corrected chi connectivity index (χ0v) is 13.3. The summed E-state index contributed by atoms with van der Waals surface area (Å²) in [6.45, 7) is 0.790. The van der Waals surface area contributed by atoms with Gasteiger partial charge in [-0.25, -0.2) is 0 Å². The van der Waals surface area contributed by atoms with Crippen molar-refractivity contribution < 1.29 is 9.90 Å². The molecular weight excluding hydrogens is 286 g/mol. The van der Waals surface area contributed by atoms with E-state index < -0.39 is 0 Å². The third kappa shape index (κ3) is 4.13. The van der Waals surface area contributed by atoms with Gasteiger partial charge in [0.1, 0.15) is 5.75 Å². The lowest BCUT2D eigenvalue weighted by atomic mass is 9.89. The highest BCUT2D eigenvalue weighted by Gasteiger charge is 2.14. The summed E-state index contributed by atoms with van der Waals surface area (Å²) in [7, 11) is 0. The largest absolute Gasteiger partial charge is 0.508 e. The number of hydrogen-bond donors (Lipinski definition) is 2. The number of rotatable bonds is 4. The van der Waals surface area contributed by atoms with Gasteiger partial charge in [-0.1, -0.05) is 43.5 Å². The van der Waals surface area contributed by atoms with Crippen molar-refractivity contribution in [3.8, 4) is 16.9 Å². The van der Waals surface area contributed by atoms with Gasteiger partial charge in [0.05, 0.1) is 0 Å². The lowest BCUT2D eigenvalue weighted by Crippen LogP contribution is -2.30. The second-order valence-corrected chi connectivity index (χ2v) is 6.34. The van der Waals surface area contributed by atoms with Crippen molar-refractivity contribution in [1.82, 2.24) is 5.32 Å². The molecule has 0 unspecified atom stereocenters. The Bertz CT molecular complexity index is 640. The Morgan fingerprint density at radius 2 is 1.48 bits per heavy atom. The van der Waals surface area contributed by atoms with Gasteiger partial charge in [-0.05, 0) is 54.2 Å². The minimum atomic E-state index is 0.00725. The van der Waals surface area contributed by atoms with Crippen LogP contribution in [0.5, 0.6) is 5.75 Å². The van der Waals surface area contributed by atoms with Crippen LogP contribution in [0.4, 0.5) is 0 Å². The van der Waals surface area contributed by atoms with Gasteiger partial charge < -0.3 is 10.4 Å². The van der Waals surface area contributed by atoms with Crippen molar-refractivity contribution in [2.45, 2.75) is 32.1 Å². The van der Waals surface area contributed by atoms with Gasteiger partial charge in [0.25, 0.3) is 5.91 Å². The molecule has 3 heteroatoms. The molecule has 120 valence electrons. The fraction of sp³-hybridized carbons (Fsp3) is 0.350. The molecule has 1 aliphatic rings. The Balaban J connectivity index is 1.59. The molecule has 3 nitrogen and oxygen atoms in total. The molecule has 0 aromatic heterocycles. The molecule has 0 aliphatic heterocycles. The first kappa shape index (κ1) is 15.6. The minimum Gasteiger partial charge on any atom is -0.508 e. The van der Waals surface area contributed by atoms with Crippen LogP contribution in [0.15, 0.2) is 48.5 Å². The van der Waals surface area contributed by atoms with Crippen molar-refractivity contribution in [3.63, 3.8) is 0 Å². The molecule has 1 saturated carbocycles. The zero-order chi connectivity index (χ0) is 16.1. The Morgan fingerprint density at radius 1 is 0.913 bits per heavy atom. The van der Waals surface area contributed by atoms with Crippen LogP contribution in [-0.2, 0) is 0 Å². The molecule has 2 aromatic rings. The quantitative estimate of drug-likeness (QED) is 0.881. The first-order valence-electron chi connectivity index (χ1n) is 8.40. The first-order valence-corrected chi connectivity index (χ1v) is 8.40. The molecule has 1 aliphatic carbocycles. The number of hydrogen-bond acceptors (Lipinski definition) is 2. The molecule has 2 aromatic carbocycles. The summed E-state index contributed by atoms with van der Waals surface area (Å²) in [5.41, 5.74) is 2.76. The second-order valence-electron chi connectivity index (χ2n) is 6.34. The van der Waals surface area contributed by atoms with Gasteiger partial charge in [-0.3, -0.25) is 4.79 Å². The molecule has 0 saturated heterocycles. The number of carbonyl (C=O) groups is 1. The van der Waals surface area contributed by atoms with E-state index in [0.717, 1.165) is 17.7 Å². The van der Waals surface area contributed by atoms with Gasteiger partial charge in [0, 0.05) is 12.1 Å². The summed E-state index contributed by atoms with van der Waals surface area (Å²) in [6.07, 6.45) is 6.40. The molecule has 0 bridgehead atoms. The van der Waals surface area contributed by atoms with Crippen molar-refractivity contribution in [3.05, 3.63) is 54.1 Å². The van der Waals surface area contributed by atoms with Gasteiger partial charge >= 0.3 is 0 Å². The standard InChI is InChI=1S/C20H23NO2/c22-19-12-10-17(11-13-19)16-6-8-18(9-7-16)20(23)21-14-15-4-2-1-3-5-15/h6-13,15,22H,1-5,14H2,(H,21,23). The van der Waals surface area contributed by atoms with E-state index in [2.05, 4.69) is 5.32 Å². The van der Waals surface area contributed by atoms with E-state index in [0.29, 0.717) is 11.5 Å². The first-order chi connectivity index (χ1) is 11.2. The molecule has 0 radical (unpaired) electrons. The molecule has 0 atom stereocenters. The number of aromatic hydroxyl groups is 1. The summed E-state index contributed by atoms with van der Waals surface area (Å²) in [6, 6.07) is 14.7. The molecular formula is C20H23NO2. The lowest BCUT2D eigenvalue weighted by Gasteiger charge is -2.21. The zero-order valence-electron chi connectivity index (χ0n) is 13.3. The van der Waals surface area contributed by atoms with Crippen molar-refractivity contribution in [2.75, 3.05) is 6.54 Å². The number of benzene rings is 2. The van der Waals surface area contributed by atoms with E-state index in [1.807, 2.05) is 36.4 Å². The number of nitrogens with one attached hydrogen (secondary N) is 1. The van der Waals surface area contributed by atoms with Crippen LogP contribution in [0.3, 0.4) is 0 Å². The normalized spacial score (nSPS) is 15.3. The van der Waals surface area contributed by atoms with Crippen LogP contribution in [-0.4, -0.2) is 17.6 Å². The van der Waals surface area contributed by atoms with E-state index in [1.165, 1.54) is 32.1 Å². The summed E-state index contributed by atoms with van der Waals surface area (Å²) < 4.78 is 0. The van der Waals surface area contributed by atoms with E-state index in [-0.39, 0.29) is 11.7 Å². The van der Waals surface area contributed by atoms with Gasteiger partial charge in [0.2, 0.25) is 0 Å². The highest BCUT2D eigenvalue weighted by Crippen LogP contribution is 2.24. The van der Waals surface area contributed by atoms with E-state index in [4.69, 9.17) is 0 Å². The third-order valence-corrected chi connectivity index (χ3v) is 4.62. The number of carbonyl (C=O) groups excluding carboxylic acids is 1. The van der Waals surface area contributed by atoms with Gasteiger partial charge in [-0.2, -0.15) is 0 Å². The molecule has 0 spiro atoms. The Morgan fingerprint density at radius 3 is 2.09 bits per heavy atom. The summed E-state index contributed by atoms with van der Waals surface area (Å²) in [5, 5.41) is 12.4. The Hall–Kier alpha value is -2.29. The highest BCUT2D eigenvalue weighted by atomic mass is 16.3. The van der Waals surface area contributed by atoms with Crippen molar-refractivity contribution in [2.24, 2.45) is 5.92 Å². The van der Waals surface area contributed by atoms with Crippen LogP contribution in [0.25, 0.3) is 11.1 Å². The summed E-state index contributed by atoms with van der Waals surface area (Å²) in [4.78, 5) is 12.2. The van der Waals surface area contributed by atoms with E-state index in [9.17, 15) is 9.90 Å². The van der Waals surface area contributed by atoms with Gasteiger partial charge in [-0.15, -0.1) is 0 Å². The number of amides is 1. The Kier molecular flexibility index (Phi) is 4.96. The monoisotopic (exact) mass is 309 g/mol. The maximum absolute atomic E-state index is 12.2. The Labute approximate surface area is 137 Å². The molecule has 0 heterocycles. The second kappa shape index (κ2) is 7.32. The highest BCUT2D eigenvalue weighted by molar-refractivity contribution is 5.94. The number of phenols is 1. The van der Waals surface area contributed by atoms with Crippen LogP contribution in [0.1, 0.15) is 42.5 Å². The fourth-order valence-electron chi connectivity index (χ4n) is 3.20. The molecule has 3 rings (SSSR count). The predicted octanol–water partition coefficient (Wildman–Crippen LogP) is 4.37. The van der Waals surface area contributed by atoms with E-state index >= 15 is 0 Å². The van der Waals surface area contributed by atoms with Crippen LogP contribution in [0, 0.1) is 5.92 Å². The fourth-order valence-corrected chi connectivity index (χ4v) is 3.20. The maximum atomic E-state index is 12.2. The van der Waals surface area contributed by atoms with Crippen LogP contribution >= 0.6 is 0 Å².